The Morgan fingerprint density at radius 1 is 1.12 bits per heavy atom. The maximum Gasteiger partial charge on any atom is 0.303 e. The van der Waals surface area contributed by atoms with E-state index in [1.54, 1.807) is 12.1 Å². The monoisotopic (exact) mass is 358 g/mol. The summed E-state index contributed by atoms with van der Waals surface area (Å²) in [5.41, 5.74) is 0.564. The van der Waals surface area contributed by atoms with Crippen molar-refractivity contribution in [1.82, 2.24) is 0 Å². The number of carboxylic acid groups (broad SMARTS) is 1. The van der Waals surface area contributed by atoms with E-state index in [2.05, 4.69) is 0 Å². The highest BCUT2D eigenvalue weighted by Crippen LogP contribution is 2.20. The van der Waals surface area contributed by atoms with Crippen LogP contribution in [-0.4, -0.2) is 39.3 Å². The zero-order valence-electron chi connectivity index (χ0n) is 14.4. The fourth-order valence-electron chi connectivity index (χ4n) is 2.06. The van der Waals surface area contributed by atoms with Crippen LogP contribution in [0.1, 0.15) is 38.7 Å². The third-order valence-electron chi connectivity index (χ3n) is 3.35. The number of hydrogen-bond acceptors (Lipinski definition) is 5. The van der Waals surface area contributed by atoms with Gasteiger partial charge in [-0.25, -0.2) is 0 Å². The molecule has 136 valence electrons. The number of ether oxygens (including phenoxy) is 1. The lowest BCUT2D eigenvalue weighted by molar-refractivity contribution is -0.140. The van der Waals surface area contributed by atoms with E-state index in [0.717, 1.165) is 5.56 Å². The average Bonchev–Trinajstić information content (AvgIpc) is 2.45. The van der Waals surface area contributed by atoms with Gasteiger partial charge in [0.15, 0.2) is 0 Å². The van der Waals surface area contributed by atoms with E-state index in [0.29, 0.717) is 26.1 Å². The van der Waals surface area contributed by atoms with Gasteiger partial charge in [-0.05, 0) is 37.3 Å². The molecule has 0 amide bonds. The van der Waals surface area contributed by atoms with Gasteiger partial charge in [0.25, 0.3) is 10.1 Å². The molecule has 1 aromatic carbocycles. The summed E-state index contributed by atoms with van der Waals surface area (Å²) in [6.07, 6.45) is 1.24. The van der Waals surface area contributed by atoms with Gasteiger partial charge in [-0.2, -0.15) is 8.42 Å². The molecule has 0 aliphatic carbocycles. The molecule has 24 heavy (non-hydrogen) atoms. The van der Waals surface area contributed by atoms with E-state index < -0.39 is 21.5 Å². The maximum atomic E-state index is 12.0. The van der Waals surface area contributed by atoms with Gasteiger partial charge >= 0.3 is 5.97 Å². The molecule has 0 unspecified atom stereocenters. The Kier molecular flexibility index (Phi) is 7.86. The number of hydrogen-bond donors (Lipinski definition) is 1. The second-order valence-corrected chi connectivity index (χ2v) is 8.20. The Labute approximate surface area is 143 Å². The van der Waals surface area contributed by atoms with Crippen LogP contribution in [0.3, 0.4) is 0 Å². The molecule has 0 aliphatic heterocycles. The molecular formula is C17H26O6S. The van der Waals surface area contributed by atoms with Gasteiger partial charge in [0, 0.05) is 6.61 Å². The highest BCUT2D eigenvalue weighted by molar-refractivity contribution is 7.86. The van der Waals surface area contributed by atoms with Gasteiger partial charge in [0.2, 0.25) is 0 Å². The summed E-state index contributed by atoms with van der Waals surface area (Å²) in [6, 6.07) is 6.50. The second kappa shape index (κ2) is 9.15. The number of aliphatic carboxylic acids is 1. The first-order chi connectivity index (χ1) is 11.1. The van der Waals surface area contributed by atoms with Crippen LogP contribution in [0.5, 0.6) is 0 Å². The van der Waals surface area contributed by atoms with Gasteiger partial charge in [0.05, 0.1) is 24.5 Å². The highest BCUT2D eigenvalue weighted by Gasteiger charge is 2.21. The van der Waals surface area contributed by atoms with Crippen molar-refractivity contribution in [3.8, 4) is 0 Å². The summed E-state index contributed by atoms with van der Waals surface area (Å²) in [6.45, 7) is 6.43. The number of aryl methyl sites for hydroxylation is 1. The number of carbonyl (C=O) groups is 1. The highest BCUT2D eigenvalue weighted by atomic mass is 32.2. The zero-order valence-corrected chi connectivity index (χ0v) is 15.3. The first-order valence-corrected chi connectivity index (χ1v) is 9.29. The lowest BCUT2D eigenvalue weighted by Gasteiger charge is -2.21. The molecule has 1 rings (SSSR count). The van der Waals surface area contributed by atoms with E-state index in [9.17, 15) is 13.2 Å². The predicted octanol–water partition coefficient (Wildman–Crippen LogP) is 3.00. The Morgan fingerprint density at radius 3 is 2.29 bits per heavy atom. The molecule has 0 spiro atoms. The fourth-order valence-corrected chi connectivity index (χ4v) is 3.00. The molecular weight excluding hydrogens is 332 g/mol. The summed E-state index contributed by atoms with van der Waals surface area (Å²) in [5.74, 6) is -0.849. The van der Waals surface area contributed by atoms with Crippen molar-refractivity contribution in [3.05, 3.63) is 29.8 Å². The molecule has 0 saturated heterocycles. The van der Waals surface area contributed by atoms with Crippen molar-refractivity contribution in [2.45, 2.75) is 44.9 Å². The largest absolute Gasteiger partial charge is 0.481 e. The molecule has 1 N–H and O–H groups in total. The van der Waals surface area contributed by atoms with E-state index in [4.69, 9.17) is 14.0 Å². The van der Waals surface area contributed by atoms with E-state index in [1.165, 1.54) is 12.1 Å². The Hall–Kier alpha value is -1.44. The normalized spacial score (nSPS) is 12.3. The zero-order chi connectivity index (χ0) is 18.2. The van der Waals surface area contributed by atoms with Crippen LogP contribution in [0, 0.1) is 12.3 Å². The molecule has 7 heteroatoms. The van der Waals surface area contributed by atoms with Gasteiger partial charge in [0.1, 0.15) is 0 Å². The summed E-state index contributed by atoms with van der Waals surface area (Å²) < 4.78 is 34.4. The third kappa shape index (κ3) is 7.90. The number of rotatable bonds is 11. The molecule has 0 heterocycles. The van der Waals surface area contributed by atoms with Gasteiger partial charge in [-0.3, -0.25) is 8.98 Å². The van der Waals surface area contributed by atoms with Crippen LogP contribution >= 0.6 is 0 Å². The summed E-state index contributed by atoms with van der Waals surface area (Å²) in [7, 11) is -3.71. The first kappa shape index (κ1) is 20.6. The SMILES string of the molecule is Cc1ccc(S(=O)(=O)OCCCCOCC(C)(C)CC(=O)O)cc1. The molecule has 0 atom stereocenters. The lowest BCUT2D eigenvalue weighted by Crippen LogP contribution is -2.23. The standard InChI is InChI=1S/C17H26O6S/c1-14-6-8-15(9-7-14)24(20,21)23-11-5-4-10-22-13-17(2,3)12-16(18)19/h6-9H,4-5,10-13H2,1-3H3,(H,18,19). The van der Waals surface area contributed by atoms with Crippen molar-refractivity contribution >= 4 is 16.1 Å². The molecule has 0 aliphatic rings. The number of benzene rings is 1. The Balaban J connectivity index is 2.22. The molecule has 0 bridgehead atoms. The lowest BCUT2D eigenvalue weighted by atomic mass is 9.91. The van der Waals surface area contributed by atoms with Gasteiger partial charge in [-0.1, -0.05) is 31.5 Å². The minimum absolute atomic E-state index is 0.0465. The van der Waals surface area contributed by atoms with Crippen LogP contribution in [-0.2, 0) is 23.8 Å². The van der Waals surface area contributed by atoms with Crippen LogP contribution in [0.2, 0.25) is 0 Å². The summed E-state index contributed by atoms with van der Waals surface area (Å²) in [5, 5.41) is 8.78. The van der Waals surface area contributed by atoms with Crippen molar-refractivity contribution in [1.29, 1.82) is 0 Å². The smallest absolute Gasteiger partial charge is 0.303 e. The van der Waals surface area contributed by atoms with E-state index in [1.807, 2.05) is 20.8 Å². The fraction of sp³-hybridized carbons (Fsp3) is 0.588. The summed E-state index contributed by atoms with van der Waals surface area (Å²) in [4.78, 5) is 10.8. The van der Waals surface area contributed by atoms with Crippen molar-refractivity contribution in [2.75, 3.05) is 19.8 Å². The summed E-state index contributed by atoms with van der Waals surface area (Å²) >= 11 is 0. The molecule has 1 aromatic rings. The second-order valence-electron chi connectivity index (χ2n) is 6.58. The quantitative estimate of drug-likeness (QED) is 0.483. The minimum atomic E-state index is -3.71. The molecule has 0 saturated carbocycles. The van der Waals surface area contributed by atoms with Gasteiger partial charge < -0.3 is 9.84 Å². The van der Waals surface area contributed by atoms with Crippen molar-refractivity contribution in [2.24, 2.45) is 5.41 Å². The third-order valence-corrected chi connectivity index (χ3v) is 4.68. The molecule has 0 aromatic heterocycles. The maximum absolute atomic E-state index is 12.0. The topological polar surface area (TPSA) is 89.9 Å². The van der Waals surface area contributed by atoms with Crippen molar-refractivity contribution in [3.63, 3.8) is 0 Å². The van der Waals surface area contributed by atoms with E-state index >= 15 is 0 Å². The van der Waals surface area contributed by atoms with Crippen LogP contribution in [0.25, 0.3) is 0 Å². The Morgan fingerprint density at radius 2 is 1.71 bits per heavy atom. The molecule has 0 fully saturated rings. The van der Waals surface area contributed by atoms with E-state index in [-0.39, 0.29) is 17.9 Å². The minimum Gasteiger partial charge on any atom is -0.481 e. The van der Waals surface area contributed by atoms with Crippen LogP contribution in [0.4, 0.5) is 0 Å². The number of unbranched alkanes of at least 4 members (excludes halogenated alkanes) is 1. The Bertz CT molecular complexity index is 619. The van der Waals surface area contributed by atoms with Gasteiger partial charge in [-0.15, -0.1) is 0 Å². The van der Waals surface area contributed by atoms with Crippen LogP contribution < -0.4 is 0 Å². The van der Waals surface area contributed by atoms with Crippen LogP contribution in [0.15, 0.2) is 29.2 Å². The molecule has 0 radical (unpaired) electrons. The number of carboxylic acids is 1. The first-order valence-electron chi connectivity index (χ1n) is 7.88. The molecule has 6 nitrogen and oxygen atoms in total. The predicted molar refractivity (Wildman–Crippen MR) is 90.4 cm³/mol. The average molecular weight is 358 g/mol. The van der Waals surface area contributed by atoms with Crippen molar-refractivity contribution < 1.29 is 27.2 Å².